The maximum Gasteiger partial charge on any atom is 0.0325 e. The predicted molar refractivity (Wildman–Crippen MR) is 80.1 cm³/mol. The highest BCUT2D eigenvalue weighted by molar-refractivity contribution is 5.15. The highest BCUT2D eigenvalue weighted by Crippen LogP contribution is 2.25. The molecule has 2 heterocycles. The van der Waals surface area contributed by atoms with Crippen LogP contribution in [0.1, 0.15) is 45.7 Å². The van der Waals surface area contributed by atoms with Crippen LogP contribution in [0.25, 0.3) is 0 Å². The van der Waals surface area contributed by atoms with Crippen LogP contribution in [0.3, 0.4) is 0 Å². The van der Waals surface area contributed by atoms with Crippen molar-refractivity contribution in [3.63, 3.8) is 0 Å². The van der Waals surface area contributed by atoms with E-state index >= 15 is 0 Å². The summed E-state index contributed by atoms with van der Waals surface area (Å²) in [5, 5.41) is 3.68. The van der Waals surface area contributed by atoms with Gasteiger partial charge in [-0.2, -0.15) is 0 Å². The Kier molecular flexibility index (Phi) is 4.94. The molecule has 0 amide bonds. The van der Waals surface area contributed by atoms with Gasteiger partial charge in [0.1, 0.15) is 0 Å². The van der Waals surface area contributed by atoms with Gasteiger partial charge in [-0.05, 0) is 43.9 Å². The van der Waals surface area contributed by atoms with Gasteiger partial charge in [0.05, 0.1) is 0 Å². The third-order valence-electron chi connectivity index (χ3n) is 4.14. The minimum atomic E-state index is 0.467. The lowest BCUT2D eigenvalue weighted by molar-refractivity contribution is 0.0923. The van der Waals surface area contributed by atoms with Gasteiger partial charge in [0.2, 0.25) is 0 Å². The van der Waals surface area contributed by atoms with Crippen LogP contribution in [-0.2, 0) is 0 Å². The quantitative estimate of drug-likeness (QED) is 0.903. The van der Waals surface area contributed by atoms with E-state index in [2.05, 4.69) is 55.0 Å². The van der Waals surface area contributed by atoms with Crippen molar-refractivity contribution in [1.29, 1.82) is 0 Å². The Bertz CT molecular complexity index is 377. The predicted octanol–water partition coefficient (Wildman–Crippen LogP) is 2.85. The Morgan fingerprint density at radius 1 is 1.32 bits per heavy atom. The minimum absolute atomic E-state index is 0.467. The molecule has 3 nitrogen and oxygen atoms in total. The fraction of sp³-hybridized carbons (Fsp3) is 0.688. The topological polar surface area (TPSA) is 28.2 Å². The molecule has 3 heteroatoms. The first-order valence-corrected chi connectivity index (χ1v) is 7.47. The number of nitrogens with zero attached hydrogens (tertiary/aromatic N) is 2. The molecule has 106 valence electrons. The molecule has 1 aromatic rings. The molecule has 0 saturated carbocycles. The summed E-state index contributed by atoms with van der Waals surface area (Å²) < 4.78 is 0. The fourth-order valence-electron chi connectivity index (χ4n) is 3.05. The van der Waals surface area contributed by atoms with Gasteiger partial charge < -0.3 is 5.32 Å². The maximum atomic E-state index is 4.12. The van der Waals surface area contributed by atoms with Gasteiger partial charge >= 0.3 is 0 Å². The molecule has 0 spiro atoms. The first kappa shape index (κ1) is 14.5. The second-order valence-corrected chi connectivity index (χ2v) is 6.24. The summed E-state index contributed by atoms with van der Waals surface area (Å²) in [5.41, 5.74) is 1.37. The molecule has 1 N–H and O–H groups in total. The summed E-state index contributed by atoms with van der Waals surface area (Å²) in [6, 6.07) is 5.95. The monoisotopic (exact) mass is 261 g/mol. The Morgan fingerprint density at radius 3 is 2.63 bits per heavy atom. The number of aromatic nitrogens is 1. The SMILES string of the molecule is CC(C)CC1CN(C(C)c2ccncc2)C(C)CN1. The number of hydrogen-bond acceptors (Lipinski definition) is 3. The van der Waals surface area contributed by atoms with E-state index in [4.69, 9.17) is 0 Å². The smallest absolute Gasteiger partial charge is 0.0325 e. The molecule has 19 heavy (non-hydrogen) atoms. The van der Waals surface area contributed by atoms with E-state index in [0.29, 0.717) is 18.1 Å². The van der Waals surface area contributed by atoms with Crippen molar-refractivity contribution in [3.8, 4) is 0 Å². The van der Waals surface area contributed by atoms with Crippen LogP contribution in [0.15, 0.2) is 24.5 Å². The van der Waals surface area contributed by atoms with Gasteiger partial charge in [0, 0.05) is 43.6 Å². The Balaban J connectivity index is 2.04. The third-order valence-corrected chi connectivity index (χ3v) is 4.14. The number of nitrogens with one attached hydrogen (secondary N) is 1. The minimum Gasteiger partial charge on any atom is -0.311 e. The first-order valence-electron chi connectivity index (χ1n) is 7.47. The van der Waals surface area contributed by atoms with Gasteiger partial charge in [-0.3, -0.25) is 9.88 Å². The molecule has 3 atom stereocenters. The van der Waals surface area contributed by atoms with Gasteiger partial charge in [-0.15, -0.1) is 0 Å². The van der Waals surface area contributed by atoms with Crippen molar-refractivity contribution in [2.45, 2.75) is 52.2 Å². The lowest BCUT2D eigenvalue weighted by atomic mass is 9.97. The lowest BCUT2D eigenvalue weighted by Gasteiger charge is -2.43. The summed E-state index contributed by atoms with van der Waals surface area (Å²) in [6.45, 7) is 11.5. The molecule has 0 aliphatic carbocycles. The highest BCUT2D eigenvalue weighted by Gasteiger charge is 2.29. The van der Waals surface area contributed by atoms with E-state index < -0.39 is 0 Å². The van der Waals surface area contributed by atoms with Crippen molar-refractivity contribution in [2.24, 2.45) is 5.92 Å². The first-order chi connectivity index (χ1) is 9.08. The number of piperazine rings is 1. The largest absolute Gasteiger partial charge is 0.311 e. The van der Waals surface area contributed by atoms with Crippen LogP contribution in [0.2, 0.25) is 0 Å². The van der Waals surface area contributed by atoms with Gasteiger partial charge in [-0.25, -0.2) is 0 Å². The van der Waals surface area contributed by atoms with Gasteiger partial charge in [-0.1, -0.05) is 13.8 Å². The van der Waals surface area contributed by atoms with Gasteiger partial charge in [0.25, 0.3) is 0 Å². The lowest BCUT2D eigenvalue weighted by Crippen LogP contribution is -2.56. The van der Waals surface area contributed by atoms with Crippen LogP contribution in [0, 0.1) is 5.92 Å². The Morgan fingerprint density at radius 2 is 2.00 bits per heavy atom. The van der Waals surface area contributed by atoms with Crippen molar-refractivity contribution >= 4 is 0 Å². The summed E-state index contributed by atoms with van der Waals surface area (Å²) in [7, 11) is 0. The van der Waals surface area contributed by atoms with Gasteiger partial charge in [0.15, 0.2) is 0 Å². The molecule has 1 aliphatic heterocycles. The zero-order valence-electron chi connectivity index (χ0n) is 12.6. The molecule has 2 rings (SSSR count). The fourth-order valence-corrected chi connectivity index (χ4v) is 3.05. The summed E-state index contributed by atoms with van der Waals surface area (Å²) in [5.74, 6) is 0.754. The van der Waals surface area contributed by atoms with Crippen LogP contribution in [-0.4, -0.2) is 35.1 Å². The van der Waals surface area contributed by atoms with E-state index in [0.717, 1.165) is 19.0 Å². The molecule has 0 bridgehead atoms. The van der Waals surface area contributed by atoms with Crippen LogP contribution in [0.5, 0.6) is 0 Å². The maximum absolute atomic E-state index is 4.12. The van der Waals surface area contributed by atoms with Crippen LogP contribution >= 0.6 is 0 Å². The van der Waals surface area contributed by atoms with Crippen molar-refractivity contribution in [1.82, 2.24) is 15.2 Å². The van der Waals surface area contributed by atoms with Crippen molar-refractivity contribution in [2.75, 3.05) is 13.1 Å². The van der Waals surface area contributed by atoms with E-state index in [1.807, 2.05) is 12.4 Å². The second-order valence-electron chi connectivity index (χ2n) is 6.24. The molecule has 0 radical (unpaired) electrons. The molecular formula is C16H27N3. The van der Waals surface area contributed by atoms with E-state index in [1.54, 1.807) is 0 Å². The standard InChI is InChI=1S/C16H27N3/c1-12(2)9-16-11-19(13(3)10-18-16)14(4)15-5-7-17-8-6-15/h5-8,12-14,16,18H,9-11H2,1-4H3. The molecule has 1 aromatic heterocycles. The number of pyridine rings is 1. The summed E-state index contributed by atoms with van der Waals surface area (Å²) in [6.07, 6.45) is 5.04. The molecule has 3 unspecified atom stereocenters. The molecule has 1 fully saturated rings. The van der Waals surface area contributed by atoms with Crippen molar-refractivity contribution in [3.05, 3.63) is 30.1 Å². The number of rotatable bonds is 4. The van der Waals surface area contributed by atoms with Crippen LogP contribution in [0.4, 0.5) is 0 Å². The van der Waals surface area contributed by atoms with E-state index in [9.17, 15) is 0 Å². The van der Waals surface area contributed by atoms with Crippen LogP contribution < -0.4 is 5.32 Å². The third kappa shape index (κ3) is 3.77. The highest BCUT2D eigenvalue weighted by atomic mass is 15.2. The Hall–Kier alpha value is -0.930. The number of hydrogen-bond donors (Lipinski definition) is 1. The average Bonchev–Trinajstić information content (AvgIpc) is 2.40. The average molecular weight is 261 g/mol. The summed E-state index contributed by atoms with van der Waals surface area (Å²) >= 11 is 0. The Labute approximate surface area is 117 Å². The zero-order valence-corrected chi connectivity index (χ0v) is 12.6. The molecule has 0 aromatic carbocycles. The zero-order chi connectivity index (χ0) is 13.8. The molecule has 1 saturated heterocycles. The second kappa shape index (κ2) is 6.49. The van der Waals surface area contributed by atoms with E-state index in [-0.39, 0.29) is 0 Å². The molecular weight excluding hydrogens is 234 g/mol. The normalized spacial score (nSPS) is 26.6. The summed E-state index contributed by atoms with van der Waals surface area (Å²) in [4.78, 5) is 6.74. The van der Waals surface area contributed by atoms with Crippen molar-refractivity contribution < 1.29 is 0 Å². The molecule has 1 aliphatic rings. The van der Waals surface area contributed by atoms with E-state index in [1.165, 1.54) is 12.0 Å².